The molecule has 0 atom stereocenters. The summed E-state index contributed by atoms with van der Waals surface area (Å²) in [7, 11) is 4.72. The molecule has 0 heterocycles. The first-order chi connectivity index (χ1) is 9.73. The summed E-state index contributed by atoms with van der Waals surface area (Å²) >= 11 is 0. The first-order valence-electron chi connectivity index (χ1n) is 6.04. The van der Waals surface area contributed by atoms with E-state index in [1.165, 1.54) is 0 Å². The van der Waals surface area contributed by atoms with E-state index in [0.29, 0.717) is 22.8 Å². The maximum atomic E-state index is 8.97. The van der Waals surface area contributed by atoms with Gasteiger partial charge in [-0.15, -0.1) is 0 Å². The number of rotatable bonds is 4. The van der Waals surface area contributed by atoms with E-state index in [4.69, 9.17) is 19.5 Å². The Labute approximate surface area is 118 Å². The summed E-state index contributed by atoms with van der Waals surface area (Å²) in [6, 6.07) is 13.2. The van der Waals surface area contributed by atoms with Crippen LogP contribution in [0, 0.1) is 11.3 Å². The molecule has 0 spiro atoms. The Balaban J connectivity index is 2.60. The van der Waals surface area contributed by atoms with Crippen LogP contribution in [0.3, 0.4) is 0 Å². The lowest BCUT2D eigenvalue weighted by Gasteiger charge is -2.14. The molecule has 0 aliphatic rings. The Kier molecular flexibility index (Phi) is 4.11. The van der Waals surface area contributed by atoms with Crippen LogP contribution in [0.15, 0.2) is 36.4 Å². The van der Waals surface area contributed by atoms with Crippen molar-refractivity contribution in [3.05, 3.63) is 42.0 Å². The number of nitriles is 1. The highest BCUT2D eigenvalue weighted by atomic mass is 16.5. The van der Waals surface area contributed by atoms with Gasteiger partial charge in [-0.2, -0.15) is 5.26 Å². The number of nitrogens with zero attached hydrogens (tertiary/aromatic N) is 1. The average Bonchev–Trinajstić information content (AvgIpc) is 2.53. The zero-order valence-electron chi connectivity index (χ0n) is 11.6. The first kappa shape index (κ1) is 13.8. The van der Waals surface area contributed by atoms with Crippen LogP contribution in [0.1, 0.15) is 5.56 Å². The van der Waals surface area contributed by atoms with Crippen molar-refractivity contribution in [1.29, 1.82) is 5.26 Å². The molecule has 20 heavy (non-hydrogen) atoms. The molecule has 0 unspecified atom stereocenters. The largest absolute Gasteiger partial charge is 0.493 e. The van der Waals surface area contributed by atoms with Gasteiger partial charge in [-0.05, 0) is 35.4 Å². The van der Waals surface area contributed by atoms with Crippen molar-refractivity contribution >= 4 is 0 Å². The second-order valence-corrected chi connectivity index (χ2v) is 4.11. The zero-order chi connectivity index (χ0) is 14.5. The van der Waals surface area contributed by atoms with Crippen molar-refractivity contribution < 1.29 is 14.2 Å². The smallest absolute Gasteiger partial charge is 0.203 e. The zero-order valence-corrected chi connectivity index (χ0v) is 11.6. The van der Waals surface area contributed by atoms with Gasteiger partial charge in [-0.3, -0.25) is 0 Å². The van der Waals surface area contributed by atoms with Gasteiger partial charge in [-0.25, -0.2) is 0 Å². The van der Waals surface area contributed by atoms with Crippen molar-refractivity contribution in [2.24, 2.45) is 0 Å². The SMILES string of the molecule is COc1cc(-c2cccc(C#N)c2)cc(OC)c1OC. The minimum Gasteiger partial charge on any atom is -0.493 e. The van der Waals surface area contributed by atoms with E-state index >= 15 is 0 Å². The molecule has 0 saturated heterocycles. The number of methoxy groups -OCH3 is 3. The molecule has 0 saturated carbocycles. The Hall–Kier alpha value is -2.67. The molecule has 102 valence electrons. The Morgan fingerprint density at radius 2 is 1.50 bits per heavy atom. The standard InChI is InChI=1S/C16H15NO3/c1-18-14-8-13(9-15(19-2)16(14)20-3)12-6-4-5-11(7-12)10-17/h4-9H,1-3H3. The molecule has 2 aromatic rings. The number of ether oxygens (including phenoxy) is 3. The third-order valence-corrected chi connectivity index (χ3v) is 2.99. The minimum absolute atomic E-state index is 0.551. The molecule has 0 aliphatic heterocycles. The highest BCUT2D eigenvalue weighted by molar-refractivity contribution is 5.72. The van der Waals surface area contributed by atoms with Gasteiger partial charge < -0.3 is 14.2 Å². The molecule has 0 bridgehead atoms. The normalized spacial score (nSPS) is 9.70. The van der Waals surface area contributed by atoms with Gasteiger partial charge in [0.2, 0.25) is 5.75 Å². The number of hydrogen-bond acceptors (Lipinski definition) is 4. The molecule has 0 radical (unpaired) electrons. The van der Waals surface area contributed by atoms with E-state index in [1.807, 2.05) is 30.3 Å². The van der Waals surface area contributed by atoms with Crippen LogP contribution in [-0.2, 0) is 0 Å². The van der Waals surface area contributed by atoms with E-state index in [0.717, 1.165) is 11.1 Å². The highest BCUT2D eigenvalue weighted by Crippen LogP contribution is 2.41. The van der Waals surface area contributed by atoms with Gasteiger partial charge in [0.05, 0.1) is 33.0 Å². The summed E-state index contributed by atoms with van der Waals surface area (Å²) in [5.41, 5.74) is 2.43. The summed E-state index contributed by atoms with van der Waals surface area (Å²) in [6.07, 6.45) is 0. The van der Waals surface area contributed by atoms with Gasteiger partial charge in [0.15, 0.2) is 11.5 Å². The Bertz CT molecular complexity index is 634. The van der Waals surface area contributed by atoms with Gasteiger partial charge in [0.1, 0.15) is 0 Å². The van der Waals surface area contributed by atoms with E-state index in [1.54, 1.807) is 27.4 Å². The fraction of sp³-hybridized carbons (Fsp3) is 0.188. The van der Waals surface area contributed by atoms with Crippen LogP contribution in [0.4, 0.5) is 0 Å². The molecule has 0 amide bonds. The summed E-state index contributed by atoms with van der Waals surface area (Å²) in [6.45, 7) is 0. The molecule has 4 heteroatoms. The summed E-state index contributed by atoms with van der Waals surface area (Å²) in [5.74, 6) is 1.73. The summed E-state index contributed by atoms with van der Waals surface area (Å²) in [4.78, 5) is 0. The second kappa shape index (κ2) is 5.98. The van der Waals surface area contributed by atoms with Gasteiger partial charge >= 0.3 is 0 Å². The van der Waals surface area contributed by atoms with Crippen molar-refractivity contribution in [3.63, 3.8) is 0 Å². The Morgan fingerprint density at radius 1 is 0.850 bits per heavy atom. The average molecular weight is 269 g/mol. The maximum Gasteiger partial charge on any atom is 0.203 e. The number of benzene rings is 2. The quantitative estimate of drug-likeness (QED) is 0.855. The van der Waals surface area contributed by atoms with Crippen LogP contribution >= 0.6 is 0 Å². The third-order valence-electron chi connectivity index (χ3n) is 2.99. The molecule has 2 rings (SSSR count). The van der Waals surface area contributed by atoms with Crippen LogP contribution in [-0.4, -0.2) is 21.3 Å². The van der Waals surface area contributed by atoms with Gasteiger partial charge in [-0.1, -0.05) is 12.1 Å². The monoisotopic (exact) mass is 269 g/mol. The number of hydrogen-bond donors (Lipinski definition) is 0. The van der Waals surface area contributed by atoms with Crippen LogP contribution in [0.25, 0.3) is 11.1 Å². The van der Waals surface area contributed by atoms with Crippen molar-refractivity contribution in [1.82, 2.24) is 0 Å². The summed E-state index contributed by atoms with van der Waals surface area (Å²) in [5, 5.41) is 8.97. The lowest BCUT2D eigenvalue weighted by molar-refractivity contribution is 0.324. The van der Waals surface area contributed by atoms with E-state index in [-0.39, 0.29) is 0 Å². The molecule has 0 N–H and O–H groups in total. The van der Waals surface area contributed by atoms with Crippen molar-refractivity contribution in [3.8, 4) is 34.4 Å². The highest BCUT2D eigenvalue weighted by Gasteiger charge is 2.14. The molecule has 2 aromatic carbocycles. The molecule has 0 aliphatic carbocycles. The maximum absolute atomic E-state index is 8.97. The van der Waals surface area contributed by atoms with Gasteiger partial charge in [0, 0.05) is 0 Å². The molecular weight excluding hydrogens is 254 g/mol. The van der Waals surface area contributed by atoms with Crippen LogP contribution in [0.2, 0.25) is 0 Å². The van der Waals surface area contributed by atoms with Gasteiger partial charge in [0.25, 0.3) is 0 Å². The van der Waals surface area contributed by atoms with Crippen LogP contribution < -0.4 is 14.2 Å². The predicted octanol–water partition coefficient (Wildman–Crippen LogP) is 3.25. The minimum atomic E-state index is 0.551. The first-order valence-corrected chi connectivity index (χ1v) is 6.04. The van der Waals surface area contributed by atoms with Crippen molar-refractivity contribution in [2.75, 3.05) is 21.3 Å². The second-order valence-electron chi connectivity index (χ2n) is 4.11. The molecule has 4 nitrogen and oxygen atoms in total. The molecule has 0 aromatic heterocycles. The lowest BCUT2D eigenvalue weighted by Crippen LogP contribution is -1.95. The molecular formula is C16H15NO3. The fourth-order valence-corrected chi connectivity index (χ4v) is 2.02. The Morgan fingerprint density at radius 3 is 2.00 bits per heavy atom. The van der Waals surface area contributed by atoms with Crippen molar-refractivity contribution in [2.45, 2.75) is 0 Å². The lowest BCUT2D eigenvalue weighted by atomic mass is 10.0. The third kappa shape index (κ3) is 2.52. The predicted molar refractivity (Wildman–Crippen MR) is 76.2 cm³/mol. The topological polar surface area (TPSA) is 51.5 Å². The molecule has 0 fully saturated rings. The van der Waals surface area contributed by atoms with E-state index < -0.39 is 0 Å². The van der Waals surface area contributed by atoms with Crippen LogP contribution in [0.5, 0.6) is 17.2 Å². The summed E-state index contributed by atoms with van der Waals surface area (Å²) < 4.78 is 15.9. The van der Waals surface area contributed by atoms with E-state index in [9.17, 15) is 0 Å². The fourth-order valence-electron chi connectivity index (χ4n) is 2.02. The van der Waals surface area contributed by atoms with E-state index in [2.05, 4.69) is 6.07 Å².